The van der Waals surface area contributed by atoms with Gasteiger partial charge in [-0.05, 0) is 70.6 Å². The van der Waals surface area contributed by atoms with Crippen molar-refractivity contribution in [3.63, 3.8) is 0 Å². The summed E-state index contributed by atoms with van der Waals surface area (Å²) in [6.45, 7) is 0. The third kappa shape index (κ3) is 4.17. The third-order valence-electron chi connectivity index (χ3n) is 6.19. The standard InChI is InChI=1S/C29H22N4O2/c34-29(33-30-18-19-6-4-10-23(16-19)35-22-8-2-1-3-9-22)27-17-26(31-32-27)24-15-14-21-13-12-20-7-5-11-25(24)28(20)21/h1-11,14-18H,12-13H2,(H,31,32)(H,33,34)/b30-18-. The molecule has 0 aliphatic heterocycles. The lowest BCUT2D eigenvalue weighted by Gasteiger charge is -2.06. The molecule has 1 aromatic heterocycles. The van der Waals surface area contributed by atoms with Gasteiger partial charge in [0.25, 0.3) is 5.91 Å². The van der Waals surface area contributed by atoms with Crippen LogP contribution in [0.15, 0.2) is 96.1 Å². The highest BCUT2D eigenvalue weighted by atomic mass is 16.5. The lowest BCUT2D eigenvalue weighted by molar-refractivity contribution is 0.0950. The van der Waals surface area contributed by atoms with E-state index in [-0.39, 0.29) is 5.91 Å². The van der Waals surface area contributed by atoms with Crippen LogP contribution >= 0.6 is 0 Å². The first kappa shape index (κ1) is 20.9. The molecule has 1 heterocycles. The number of aryl methyl sites for hydroxylation is 2. The summed E-state index contributed by atoms with van der Waals surface area (Å²) in [4.78, 5) is 12.6. The molecular weight excluding hydrogens is 436 g/mol. The Kier molecular flexibility index (Phi) is 5.31. The first-order valence-electron chi connectivity index (χ1n) is 11.5. The van der Waals surface area contributed by atoms with E-state index in [0.29, 0.717) is 11.4 Å². The zero-order chi connectivity index (χ0) is 23.6. The van der Waals surface area contributed by atoms with Crippen LogP contribution in [0.3, 0.4) is 0 Å². The van der Waals surface area contributed by atoms with Gasteiger partial charge in [0, 0.05) is 5.56 Å². The zero-order valence-corrected chi connectivity index (χ0v) is 18.9. The molecule has 1 aliphatic rings. The number of para-hydroxylation sites is 1. The Morgan fingerprint density at radius 1 is 0.886 bits per heavy atom. The molecule has 5 aromatic rings. The van der Waals surface area contributed by atoms with E-state index in [4.69, 9.17) is 4.74 Å². The van der Waals surface area contributed by atoms with Crippen LogP contribution in [-0.2, 0) is 12.8 Å². The molecule has 1 amide bonds. The molecule has 0 radical (unpaired) electrons. The number of benzene rings is 4. The number of hydrogen-bond acceptors (Lipinski definition) is 4. The van der Waals surface area contributed by atoms with Crippen LogP contribution in [0.5, 0.6) is 11.5 Å². The monoisotopic (exact) mass is 458 g/mol. The maximum absolute atomic E-state index is 12.6. The number of nitrogens with zero attached hydrogens (tertiary/aromatic N) is 2. The van der Waals surface area contributed by atoms with E-state index in [1.807, 2.05) is 54.6 Å². The molecule has 0 saturated heterocycles. The van der Waals surface area contributed by atoms with Crippen molar-refractivity contribution in [2.75, 3.05) is 0 Å². The van der Waals surface area contributed by atoms with E-state index in [1.54, 1.807) is 12.3 Å². The van der Waals surface area contributed by atoms with Gasteiger partial charge in [-0.15, -0.1) is 0 Å². The minimum Gasteiger partial charge on any atom is -0.457 e. The molecule has 0 saturated carbocycles. The highest BCUT2D eigenvalue weighted by Crippen LogP contribution is 2.36. The number of rotatable bonds is 6. The Bertz CT molecular complexity index is 1560. The van der Waals surface area contributed by atoms with Crippen LogP contribution in [0, 0.1) is 0 Å². The molecule has 6 heteroatoms. The summed E-state index contributed by atoms with van der Waals surface area (Å²) in [7, 11) is 0. The summed E-state index contributed by atoms with van der Waals surface area (Å²) in [5.41, 5.74) is 8.22. The van der Waals surface area contributed by atoms with Crippen molar-refractivity contribution in [1.29, 1.82) is 0 Å². The van der Waals surface area contributed by atoms with Crippen molar-refractivity contribution in [2.45, 2.75) is 12.8 Å². The summed E-state index contributed by atoms with van der Waals surface area (Å²) in [6, 6.07) is 29.5. The second-order valence-electron chi connectivity index (χ2n) is 8.47. The van der Waals surface area contributed by atoms with E-state index < -0.39 is 0 Å². The molecule has 4 aromatic carbocycles. The molecule has 1 aliphatic carbocycles. The molecule has 0 unspecified atom stereocenters. The van der Waals surface area contributed by atoms with Gasteiger partial charge in [0.1, 0.15) is 17.2 Å². The van der Waals surface area contributed by atoms with Gasteiger partial charge >= 0.3 is 0 Å². The molecule has 6 nitrogen and oxygen atoms in total. The summed E-state index contributed by atoms with van der Waals surface area (Å²) in [5.74, 6) is 1.09. The molecule has 170 valence electrons. The van der Waals surface area contributed by atoms with Crippen LogP contribution in [0.2, 0.25) is 0 Å². The second kappa shape index (κ2) is 8.91. The maximum Gasteiger partial charge on any atom is 0.289 e. The van der Waals surface area contributed by atoms with Crippen LogP contribution in [-0.4, -0.2) is 22.3 Å². The van der Waals surface area contributed by atoms with Gasteiger partial charge in [-0.2, -0.15) is 10.2 Å². The molecular formula is C29H22N4O2. The molecule has 0 spiro atoms. The van der Waals surface area contributed by atoms with Gasteiger partial charge in [0.2, 0.25) is 0 Å². The molecule has 2 N–H and O–H groups in total. The number of hydrazone groups is 1. The Labute approximate surface area is 202 Å². The third-order valence-corrected chi connectivity index (χ3v) is 6.19. The number of H-pyrrole nitrogens is 1. The summed E-state index contributed by atoms with van der Waals surface area (Å²) >= 11 is 0. The summed E-state index contributed by atoms with van der Waals surface area (Å²) in [6.07, 6.45) is 3.73. The fraction of sp³-hybridized carbons (Fsp3) is 0.0690. The lowest BCUT2D eigenvalue weighted by Crippen LogP contribution is -2.18. The van der Waals surface area contributed by atoms with E-state index in [1.165, 1.54) is 21.9 Å². The van der Waals surface area contributed by atoms with Gasteiger partial charge in [-0.3, -0.25) is 9.89 Å². The van der Waals surface area contributed by atoms with Gasteiger partial charge in [-0.1, -0.05) is 60.7 Å². The summed E-state index contributed by atoms with van der Waals surface area (Å²) < 4.78 is 5.85. The highest BCUT2D eigenvalue weighted by molar-refractivity contribution is 6.02. The van der Waals surface area contributed by atoms with Gasteiger partial charge < -0.3 is 4.74 Å². The number of hydrogen-bond donors (Lipinski definition) is 2. The Morgan fingerprint density at radius 2 is 1.69 bits per heavy atom. The Balaban J connectivity index is 1.16. The fourth-order valence-corrected chi connectivity index (χ4v) is 4.55. The predicted octanol–water partition coefficient (Wildman–Crippen LogP) is 5.88. The number of carbonyl (C=O) groups excluding carboxylic acids is 1. The number of amides is 1. The van der Waals surface area contributed by atoms with Crippen molar-refractivity contribution in [1.82, 2.24) is 15.6 Å². The van der Waals surface area contributed by atoms with Crippen LogP contribution in [0.4, 0.5) is 0 Å². The van der Waals surface area contributed by atoms with E-state index in [0.717, 1.165) is 35.4 Å². The lowest BCUT2D eigenvalue weighted by atomic mass is 9.98. The first-order chi connectivity index (χ1) is 17.2. The smallest absolute Gasteiger partial charge is 0.289 e. The molecule has 35 heavy (non-hydrogen) atoms. The molecule has 0 atom stereocenters. The van der Waals surface area contributed by atoms with E-state index >= 15 is 0 Å². The quantitative estimate of drug-likeness (QED) is 0.246. The van der Waals surface area contributed by atoms with Crippen LogP contribution < -0.4 is 10.2 Å². The number of nitrogens with one attached hydrogen (secondary N) is 2. The highest BCUT2D eigenvalue weighted by Gasteiger charge is 2.18. The molecule has 0 fully saturated rings. The minimum atomic E-state index is -0.359. The van der Waals surface area contributed by atoms with Crippen molar-refractivity contribution < 1.29 is 9.53 Å². The second-order valence-corrected chi connectivity index (χ2v) is 8.47. The minimum absolute atomic E-state index is 0.349. The van der Waals surface area contributed by atoms with Crippen LogP contribution in [0.25, 0.3) is 22.0 Å². The fourth-order valence-electron chi connectivity index (χ4n) is 4.55. The average molecular weight is 459 g/mol. The Hall–Kier alpha value is -4.71. The maximum atomic E-state index is 12.6. The average Bonchev–Trinajstić information content (AvgIpc) is 3.54. The van der Waals surface area contributed by atoms with E-state index in [9.17, 15) is 4.79 Å². The predicted molar refractivity (Wildman–Crippen MR) is 137 cm³/mol. The van der Waals surface area contributed by atoms with Gasteiger partial charge in [0.05, 0.1) is 11.9 Å². The molecule has 6 rings (SSSR count). The molecule has 0 bridgehead atoms. The number of carbonyl (C=O) groups is 1. The number of aromatic nitrogens is 2. The number of aromatic amines is 1. The van der Waals surface area contributed by atoms with Crippen LogP contribution in [0.1, 0.15) is 27.2 Å². The topological polar surface area (TPSA) is 79.4 Å². The zero-order valence-electron chi connectivity index (χ0n) is 18.9. The SMILES string of the molecule is O=C(N/N=C\c1cccc(Oc2ccccc2)c1)c1cc(-c2ccc3c4c(cccc24)CC3)n[nH]1. The van der Waals surface area contributed by atoms with Crippen molar-refractivity contribution >= 4 is 22.9 Å². The largest absolute Gasteiger partial charge is 0.457 e. The first-order valence-corrected chi connectivity index (χ1v) is 11.5. The Morgan fingerprint density at radius 3 is 2.57 bits per heavy atom. The van der Waals surface area contributed by atoms with Crippen molar-refractivity contribution in [3.8, 4) is 22.8 Å². The van der Waals surface area contributed by atoms with Gasteiger partial charge in [0.15, 0.2) is 0 Å². The van der Waals surface area contributed by atoms with Crippen molar-refractivity contribution in [2.24, 2.45) is 5.10 Å². The van der Waals surface area contributed by atoms with Gasteiger partial charge in [-0.25, -0.2) is 5.43 Å². The van der Waals surface area contributed by atoms with E-state index in [2.05, 4.69) is 51.1 Å². The normalized spacial score (nSPS) is 12.3. The number of ether oxygens (including phenoxy) is 1. The summed E-state index contributed by atoms with van der Waals surface area (Å²) in [5, 5.41) is 13.8. The van der Waals surface area contributed by atoms with Crippen molar-refractivity contribution in [3.05, 3.63) is 113 Å².